The molecule has 2 aromatic carbocycles. The Kier molecular flexibility index (Phi) is 6.57. The topological polar surface area (TPSA) is 76.1 Å². The molecule has 0 saturated heterocycles. The van der Waals surface area contributed by atoms with Crippen LogP contribution in [0, 0.1) is 0 Å². The van der Waals surface area contributed by atoms with Crippen LogP contribution in [0.4, 0.5) is 11.6 Å². The zero-order valence-corrected chi connectivity index (χ0v) is 16.1. The van der Waals surface area contributed by atoms with E-state index < -0.39 is 0 Å². The zero-order chi connectivity index (χ0) is 19.8. The van der Waals surface area contributed by atoms with Gasteiger partial charge in [-0.1, -0.05) is 31.2 Å². The van der Waals surface area contributed by atoms with E-state index in [9.17, 15) is 4.79 Å². The molecule has 0 aliphatic carbocycles. The maximum atomic E-state index is 12.2. The van der Waals surface area contributed by atoms with Gasteiger partial charge in [0.25, 0.3) is 5.91 Å². The summed E-state index contributed by atoms with van der Waals surface area (Å²) in [5, 5.41) is 6.02. The van der Waals surface area contributed by atoms with Gasteiger partial charge in [-0.3, -0.25) is 4.79 Å². The Hall–Kier alpha value is -3.41. The molecule has 2 N–H and O–H groups in total. The van der Waals surface area contributed by atoms with E-state index in [0.29, 0.717) is 18.1 Å². The molecule has 6 nitrogen and oxygen atoms in total. The molecular formula is C22H24N4O2. The quantitative estimate of drug-likeness (QED) is 0.626. The van der Waals surface area contributed by atoms with Gasteiger partial charge in [-0.2, -0.15) is 0 Å². The Labute approximate surface area is 165 Å². The van der Waals surface area contributed by atoms with Crippen LogP contribution in [0.25, 0.3) is 0 Å². The van der Waals surface area contributed by atoms with Gasteiger partial charge < -0.3 is 15.4 Å². The molecule has 3 rings (SSSR count). The van der Waals surface area contributed by atoms with Crippen LogP contribution in [-0.4, -0.2) is 29.5 Å². The number of nitrogens with zero attached hydrogens (tertiary/aromatic N) is 2. The number of amides is 1. The SMILES string of the molecule is CCc1ccc(Nc2ncc(C(=O)NCCc3ccc(OC)cc3)cn2)cc1. The lowest BCUT2D eigenvalue weighted by atomic mass is 10.1. The molecule has 3 aromatic rings. The highest BCUT2D eigenvalue weighted by molar-refractivity contribution is 5.93. The number of benzene rings is 2. The summed E-state index contributed by atoms with van der Waals surface area (Å²) in [5.74, 6) is 1.09. The van der Waals surface area contributed by atoms with Gasteiger partial charge in [-0.05, 0) is 48.2 Å². The second-order valence-corrected chi connectivity index (χ2v) is 6.32. The second-order valence-electron chi connectivity index (χ2n) is 6.32. The Bertz CT molecular complexity index is 891. The minimum absolute atomic E-state index is 0.188. The lowest BCUT2D eigenvalue weighted by Crippen LogP contribution is -2.26. The lowest BCUT2D eigenvalue weighted by molar-refractivity contribution is 0.0953. The number of aryl methyl sites for hydroxylation is 1. The van der Waals surface area contributed by atoms with Crippen molar-refractivity contribution in [1.82, 2.24) is 15.3 Å². The Morgan fingerprint density at radius 1 is 0.964 bits per heavy atom. The summed E-state index contributed by atoms with van der Waals surface area (Å²) in [5.41, 5.74) is 3.75. The number of carbonyl (C=O) groups excluding carboxylic acids is 1. The van der Waals surface area contributed by atoms with Crippen LogP contribution in [0.5, 0.6) is 5.75 Å². The fourth-order valence-corrected chi connectivity index (χ4v) is 2.68. The predicted molar refractivity (Wildman–Crippen MR) is 110 cm³/mol. The van der Waals surface area contributed by atoms with E-state index in [1.807, 2.05) is 36.4 Å². The van der Waals surface area contributed by atoms with Crippen molar-refractivity contribution in [2.75, 3.05) is 19.0 Å². The normalized spacial score (nSPS) is 10.4. The molecule has 0 aliphatic heterocycles. The van der Waals surface area contributed by atoms with Crippen LogP contribution in [0.15, 0.2) is 60.9 Å². The van der Waals surface area contributed by atoms with Crippen molar-refractivity contribution in [3.63, 3.8) is 0 Å². The fraction of sp³-hybridized carbons (Fsp3) is 0.227. The number of aromatic nitrogens is 2. The molecule has 0 saturated carbocycles. The van der Waals surface area contributed by atoms with Crippen LogP contribution in [0.1, 0.15) is 28.4 Å². The van der Waals surface area contributed by atoms with Crippen LogP contribution < -0.4 is 15.4 Å². The average molecular weight is 376 g/mol. The summed E-state index contributed by atoms with van der Waals surface area (Å²) in [6, 6.07) is 15.9. The summed E-state index contributed by atoms with van der Waals surface area (Å²) in [6.45, 7) is 2.65. The van der Waals surface area contributed by atoms with Crippen molar-refractivity contribution in [2.24, 2.45) is 0 Å². The monoisotopic (exact) mass is 376 g/mol. The number of hydrogen-bond acceptors (Lipinski definition) is 5. The van der Waals surface area contributed by atoms with Gasteiger partial charge in [0.05, 0.1) is 12.7 Å². The van der Waals surface area contributed by atoms with Gasteiger partial charge in [0.2, 0.25) is 5.95 Å². The molecule has 0 radical (unpaired) electrons. The summed E-state index contributed by atoms with van der Waals surface area (Å²) in [6.07, 6.45) is 4.79. The fourth-order valence-electron chi connectivity index (χ4n) is 2.68. The van der Waals surface area contributed by atoms with E-state index in [2.05, 4.69) is 39.7 Å². The number of methoxy groups -OCH3 is 1. The van der Waals surface area contributed by atoms with E-state index in [-0.39, 0.29) is 5.91 Å². The summed E-state index contributed by atoms with van der Waals surface area (Å²) in [7, 11) is 1.64. The number of carbonyl (C=O) groups is 1. The molecule has 1 aromatic heterocycles. The zero-order valence-electron chi connectivity index (χ0n) is 16.1. The number of anilines is 2. The second kappa shape index (κ2) is 9.50. The molecule has 0 atom stereocenters. The standard InChI is InChI=1S/C22H24N4O2/c1-3-16-4-8-19(9-5-16)26-22-24-14-18(15-25-22)21(27)23-13-12-17-6-10-20(28-2)11-7-17/h4-11,14-15H,3,12-13H2,1-2H3,(H,23,27)(H,24,25,26). The van der Waals surface area contributed by atoms with Crippen molar-refractivity contribution in [2.45, 2.75) is 19.8 Å². The third-order valence-corrected chi connectivity index (χ3v) is 4.39. The number of hydrogen-bond donors (Lipinski definition) is 2. The highest BCUT2D eigenvalue weighted by Crippen LogP contribution is 2.14. The molecule has 0 bridgehead atoms. The van der Waals surface area contributed by atoms with Gasteiger partial charge in [-0.15, -0.1) is 0 Å². The molecule has 6 heteroatoms. The van der Waals surface area contributed by atoms with Crippen LogP contribution in [-0.2, 0) is 12.8 Å². The van der Waals surface area contributed by atoms with Crippen LogP contribution in [0.3, 0.4) is 0 Å². The molecule has 0 unspecified atom stereocenters. The first-order valence-electron chi connectivity index (χ1n) is 9.27. The lowest BCUT2D eigenvalue weighted by Gasteiger charge is -2.08. The third kappa shape index (κ3) is 5.30. The maximum Gasteiger partial charge on any atom is 0.254 e. The van der Waals surface area contributed by atoms with E-state index in [1.54, 1.807) is 7.11 Å². The molecule has 0 fully saturated rings. The predicted octanol–water partition coefficient (Wildman–Crippen LogP) is 3.76. The summed E-state index contributed by atoms with van der Waals surface area (Å²) in [4.78, 5) is 20.7. The molecule has 1 amide bonds. The Balaban J connectivity index is 1.49. The number of ether oxygens (including phenoxy) is 1. The highest BCUT2D eigenvalue weighted by atomic mass is 16.5. The van der Waals surface area contributed by atoms with E-state index in [1.165, 1.54) is 18.0 Å². The van der Waals surface area contributed by atoms with E-state index in [4.69, 9.17) is 4.74 Å². The minimum atomic E-state index is -0.188. The molecular weight excluding hydrogens is 352 g/mol. The first kappa shape index (κ1) is 19.4. The van der Waals surface area contributed by atoms with E-state index >= 15 is 0 Å². The van der Waals surface area contributed by atoms with Crippen molar-refractivity contribution in [1.29, 1.82) is 0 Å². The van der Waals surface area contributed by atoms with Gasteiger partial charge in [-0.25, -0.2) is 9.97 Å². The van der Waals surface area contributed by atoms with Gasteiger partial charge in [0.1, 0.15) is 5.75 Å². The maximum absolute atomic E-state index is 12.2. The average Bonchev–Trinajstić information content (AvgIpc) is 2.75. The Morgan fingerprint density at radius 2 is 1.61 bits per heavy atom. The van der Waals surface area contributed by atoms with Crippen molar-refractivity contribution < 1.29 is 9.53 Å². The van der Waals surface area contributed by atoms with Crippen molar-refractivity contribution in [3.05, 3.63) is 77.6 Å². The first-order valence-corrected chi connectivity index (χ1v) is 9.27. The molecule has 1 heterocycles. The Morgan fingerprint density at radius 3 is 2.21 bits per heavy atom. The largest absolute Gasteiger partial charge is 0.497 e. The van der Waals surface area contributed by atoms with Gasteiger partial charge in [0, 0.05) is 24.6 Å². The third-order valence-electron chi connectivity index (χ3n) is 4.39. The highest BCUT2D eigenvalue weighted by Gasteiger charge is 2.07. The van der Waals surface area contributed by atoms with Crippen molar-refractivity contribution >= 4 is 17.5 Å². The number of rotatable bonds is 8. The molecule has 0 spiro atoms. The summed E-state index contributed by atoms with van der Waals surface area (Å²) >= 11 is 0. The number of nitrogens with one attached hydrogen (secondary N) is 2. The smallest absolute Gasteiger partial charge is 0.254 e. The summed E-state index contributed by atoms with van der Waals surface area (Å²) < 4.78 is 5.14. The van der Waals surface area contributed by atoms with Gasteiger partial charge >= 0.3 is 0 Å². The minimum Gasteiger partial charge on any atom is -0.497 e. The first-order chi connectivity index (χ1) is 13.7. The van der Waals surface area contributed by atoms with Crippen LogP contribution in [0.2, 0.25) is 0 Å². The molecule has 0 aliphatic rings. The molecule has 28 heavy (non-hydrogen) atoms. The van der Waals surface area contributed by atoms with E-state index in [0.717, 1.165) is 29.8 Å². The van der Waals surface area contributed by atoms with Crippen molar-refractivity contribution in [3.8, 4) is 5.75 Å². The van der Waals surface area contributed by atoms with Gasteiger partial charge in [0.15, 0.2) is 0 Å². The van der Waals surface area contributed by atoms with Crippen LogP contribution >= 0.6 is 0 Å². The molecule has 144 valence electrons.